The van der Waals surface area contributed by atoms with Gasteiger partial charge in [-0.2, -0.15) is 0 Å². The second-order valence-electron chi connectivity index (χ2n) is 10.5. The molecule has 1 spiro atoms. The smallest absolute Gasteiger partial charge is 0.269 e. The summed E-state index contributed by atoms with van der Waals surface area (Å²) in [5, 5.41) is 14.3. The van der Waals surface area contributed by atoms with Gasteiger partial charge in [0.2, 0.25) is 5.91 Å². The van der Waals surface area contributed by atoms with E-state index in [0.29, 0.717) is 16.8 Å². The lowest BCUT2D eigenvalue weighted by Crippen LogP contribution is -2.51. The van der Waals surface area contributed by atoms with Gasteiger partial charge < -0.3 is 10.2 Å². The molecule has 8 nitrogen and oxygen atoms in total. The van der Waals surface area contributed by atoms with Gasteiger partial charge in [-0.25, -0.2) is 0 Å². The van der Waals surface area contributed by atoms with Crippen LogP contribution in [0.15, 0.2) is 109 Å². The van der Waals surface area contributed by atoms with E-state index in [0.717, 1.165) is 11.3 Å². The average molecular weight is 542 g/mol. The van der Waals surface area contributed by atoms with Crippen molar-refractivity contribution in [3.63, 3.8) is 0 Å². The van der Waals surface area contributed by atoms with E-state index in [1.54, 1.807) is 30.3 Å². The number of ketones is 2. The molecule has 3 heterocycles. The van der Waals surface area contributed by atoms with Gasteiger partial charge in [0.25, 0.3) is 5.69 Å². The number of rotatable bonds is 5. The number of hydrogen-bond donors (Lipinski definition) is 1. The van der Waals surface area contributed by atoms with Crippen molar-refractivity contribution in [1.29, 1.82) is 0 Å². The highest BCUT2D eigenvalue weighted by molar-refractivity contribution is 6.18. The van der Waals surface area contributed by atoms with Crippen LogP contribution in [0.4, 0.5) is 17.1 Å². The fourth-order valence-corrected chi connectivity index (χ4v) is 6.82. The van der Waals surface area contributed by atoms with Crippen LogP contribution >= 0.6 is 0 Å². The molecule has 3 aliphatic heterocycles. The molecule has 1 fully saturated rings. The summed E-state index contributed by atoms with van der Waals surface area (Å²) in [5.74, 6) is -2.15. The van der Waals surface area contributed by atoms with Crippen LogP contribution in [0.3, 0.4) is 0 Å². The highest BCUT2D eigenvalue weighted by Crippen LogP contribution is 2.58. The summed E-state index contributed by atoms with van der Waals surface area (Å²) < 4.78 is 0. The number of Topliss-reactive ketones (excluding diaryl/α,β-unsaturated/α-hetero) is 2. The van der Waals surface area contributed by atoms with Crippen LogP contribution in [0.1, 0.15) is 31.8 Å². The van der Waals surface area contributed by atoms with E-state index in [4.69, 9.17) is 0 Å². The number of carbonyl (C=O) groups excluding carboxylic acids is 3. The highest BCUT2D eigenvalue weighted by atomic mass is 16.6. The number of non-ortho nitro benzene ring substituents is 1. The lowest BCUT2D eigenvalue weighted by atomic mass is 9.64. The monoisotopic (exact) mass is 541 g/mol. The van der Waals surface area contributed by atoms with Crippen molar-refractivity contribution in [2.45, 2.75) is 17.5 Å². The fourth-order valence-electron chi connectivity index (χ4n) is 6.82. The van der Waals surface area contributed by atoms with Crippen LogP contribution in [0, 0.1) is 16.0 Å². The SMILES string of the molecule is O=C(c1ccccc1)[C@@H]1[C@H](C(=O)c2ccc([N+](=O)[O-])cc2)N2c3ccccc3C=C[C@@H]2[C@]12C(=O)Nc1ccccc12. The largest absolute Gasteiger partial charge is 0.352 e. The molecule has 0 aromatic heterocycles. The zero-order valence-corrected chi connectivity index (χ0v) is 21.6. The summed E-state index contributed by atoms with van der Waals surface area (Å²) >= 11 is 0. The number of nitrogens with zero attached hydrogens (tertiary/aromatic N) is 2. The third-order valence-electron chi connectivity index (χ3n) is 8.51. The lowest BCUT2D eigenvalue weighted by molar-refractivity contribution is -0.384. The zero-order valence-electron chi connectivity index (χ0n) is 21.6. The first-order chi connectivity index (χ1) is 19.9. The Labute approximate surface area is 235 Å². The Hall–Kier alpha value is -5.37. The van der Waals surface area contributed by atoms with Crippen LogP contribution in [-0.4, -0.2) is 34.5 Å². The number of fused-ring (bicyclic) bond motifs is 6. The minimum Gasteiger partial charge on any atom is -0.352 e. The summed E-state index contributed by atoms with van der Waals surface area (Å²) in [6.45, 7) is 0. The summed E-state index contributed by atoms with van der Waals surface area (Å²) in [5.41, 5.74) is 1.94. The number of nitro groups is 1. The number of hydrogen-bond acceptors (Lipinski definition) is 6. The fraction of sp³-hybridized carbons (Fsp3) is 0.121. The predicted molar refractivity (Wildman–Crippen MR) is 154 cm³/mol. The van der Waals surface area contributed by atoms with Crippen LogP contribution in [-0.2, 0) is 10.2 Å². The molecule has 7 rings (SSSR count). The topological polar surface area (TPSA) is 110 Å². The number of anilines is 2. The second-order valence-corrected chi connectivity index (χ2v) is 10.5. The normalized spacial score (nSPS) is 23.5. The third kappa shape index (κ3) is 3.43. The van der Waals surface area contributed by atoms with E-state index in [2.05, 4.69) is 5.32 Å². The first-order valence-corrected chi connectivity index (χ1v) is 13.3. The number of nitrogens with one attached hydrogen (secondary N) is 1. The first-order valence-electron chi connectivity index (χ1n) is 13.3. The zero-order chi connectivity index (χ0) is 28.3. The molecule has 41 heavy (non-hydrogen) atoms. The number of para-hydroxylation sites is 2. The van der Waals surface area contributed by atoms with Gasteiger partial charge in [0.1, 0.15) is 11.5 Å². The molecular weight excluding hydrogens is 518 g/mol. The van der Waals surface area contributed by atoms with Crippen LogP contribution in [0.2, 0.25) is 0 Å². The maximum atomic E-state index is 14.6. The minimum atomic E-state index is -1.41. The summed E-state index contributed by atoms with van der Waals surface area (Å²) in [7, 11) is 0. The van der Waals surface area contributed by atoms with E-state index in [1.807, 2.05) is 65.6 Å². The van der Waals surface area contributed by atoms with Crippen molar-refractivity contribution in [3.8, 4) is 0 Å². The molecule has 8 heteroatoms. The van der Waals surface area contributed by atoms with E-state index in [1.165, 1.54) is 24.3 Å². The van der Waals surface area contributed by atoms with Crippen LogP contribution in [0.25, 0.3) is 6.08 Å². The molecule has 4 aromatic carbocycles. The van der Waals surface area contributed by atoms with Crippen LogP contribution in [0.5, 0.6) is 0 Å². The number of carbonyl (C=O) groups is 3. The van der Waals surface area contributed by atoms with Crippen molar-refractivity contribution >= 4 is 40.6 Å². The molecule has 1 saturated heterocycles. The number of nitro benzene ring substituents is 1. The third-order valence-corrected chi connectivity index (χ3v) is 8.51. The van der Waals surface area contributed by atoms with Gasteiger partial charge in [-0.05, 0) is 35.4 Å². The lowest BCUT2D eigenvalue weighted by Gasteiger charge is -2.37. The summed E-state index contributed by atoms with van der Waals surface area (Å²) in [4.78, 5) is 56.2. The first kappa shape index (κ1) is 24.7. The highest BCUT2D eigenvalue weighted by Gasteiger charge is 2.70. The molecule has 0 bridgehead atoms. The average Bonchev–Trinajstić information content (AvgIpc) is 3.49. The number of amides is 1. The molecule has 1 N–H and O–H groups in total. The quantitative estimate of drug-likeness (QED) is 0.204. The van der Waals surface area contributed by atoms with Crippen molar-refractivity contribution in [2.24, 2.45) is 5.92 Å². The molecule has 0 unspecified atom stereocenters. The van der Waals surface area contributed by atoms with Gasteiger partial charge in [-0.3, -0.25) is 24.5 Å². The van der Waals surface area contributed by atoms with Crippen molar-refractivity contribution in [3.05, 3.63) is 142 Å². The number of benzene rings is 4. The molecule has 0 saturated carbocycles. The molecule has 200 valence electrons. The van der Waals surface area contributed by atoms with Gasteiger partial charge in [-0.1, -0.05) is 78.9 Å². The van der Waals surface area contributed by atoms with Crippen molar-refractivity contribution < 1.29 is 19.3 Å². The molecule has 4 aromatic rings. The standard InChI is InChI=1S/C33H23N3O5/c37-30(21-9-2-1-3-10-21)28-29(31(38)22-14-17-23(18-15-22)36(40)41)35-26-13-7-4-8-20(26)16-19-27(35)33(28)24-11-5-6-12-25(24)34-32(33)39/h1-19,27-29H,(H,34,39)/t27-,28+,29-,33+/m1/s1. The molecule has 0 radical (unpaired) electrons. The molecular formula is C33H23N3O5. The van der Waals surface area contributed by atoms with E-state index >= 15 is 0 Å². The van der Waals surface area contributed by atoms with Gasteiger partial charge in [0.15, 0.2) is 11.6 Å². The summed E-state index contributed by atoms with van der Waals surface area (Å²) in [6, 6.07) is 27.3. The van der Waals surface area contributed by atoms with Crippen LogP contribution < -0.4 is 10.2 Å². The van der Waals surface area contributed by atoms with Gasteiger partial charge >= 0.3 is 0 Å². The minimum absolute atomic E-state index is 0.144. The maximum absolute atomic E-state index is 14.6. The van der Waals surface area contributed by atoms with Crippen molar-refractivity contribution in [2.75, 3.05) is 10.2 Å². The van der Waals surface area contributed by atoms with E-state index in [-0.39, 0.29) is 22.9 Å². The molecule has 1 amide bonds. The Kier molecular flexibility index (Phi) is 5.47. The summed E-state index contributed by atoms with van der Waals surface area (Å²) in [6.07, 6.45) is 3.85. The Morgan fingerprint density at radius 3 is 2.22 bits per heavy atom. The second kappa shape index (κ2) is 9.09. The molecule has 0 aliphatic carbocycles. The Bertz CT molecular complexity index is 1780. The predicted octanol–water partition coefficient (Wildman–Crippen LogP) is 5.45. The van der Waals surface area contributed by atoms with Gasteiger partial charge in [-0.15, -0.1) is 0 Å². The van der Waals surface area contributed by atoms with E-state index < -0.39 is 34.1 Å². The van der Waals surface area contributed by atoms with E-state index in [9.17, 15) is 24.5 Å². The Morgan fingerprint density at radius 2 is 1.46 bits per heavy atom. The van der Waals surface area contributed by atoms with Crippen molar-refractivity contribution in [1.82, 2.24) is 0 Å². The maximum Gasteiger partial charge on any atom is 0.269 e. The molecule has 4 atom stereocenters. The van der Waals surface area contributed by atoms with Gasteiger partial charge in [0.05, 0.1) is 16.9 Å². The Balaban J connectivity index is 1.51. The Morgan fingerprint density at radius 1 is 0.805 bits per heavy atom. The van der Waals surface area contributed by atoms with Gasteiger partial charge in [0, 0.05) is 34.6 Å². The molecule has 3 aliphatic rings.